The van der Waals surface area contributed by atoms with E-state index < -0.39 is 25.7 Å². The zero-order valence-electron chi connectivity index (χ0n) is 11.8. The number of sulfone groups is 1. The summed E-state index contributed by atoms with van der Waals surface area (Å²) < 4.78 is 62.8. The fourth-order valence-electron chi connectivity index (χ4n) is 3.25. The van der Waals surface area contributed by atoms with Gasteiger partial charge in [0.1, 0.15) is 10.7 Å². The van der Waals surface area contributed by atoms with Gasteiger partial charge in [-0.15, -0.1) is 0 Å². The Bertz CT molecular complexity index is 798. The molecule has 0 radical (unpaired) electrons. The minimum Gasteiger partial charge on any atom is -0.399 e. The Kier molecular flexibility index (Phi) is 3.50. The first-order valence-corrected chi connectivity index (χ1v) is 10.2. The zero-order chi connectivity index (χ0) is 16.2. The van der Waals surface area contributed by atoms with Crippen LogP contribution in [0.2, 0.25) is 0 Å². The standard InChI is InChI=1S/C13H17FN2O4S2/c14-11-7-10(15)1-2-12(11)22(19,20)16-5-3-13(4-6-16)8-21(17,18)9-13/h1-2,7H,3-6,8-9,15H2. The lowest BCUT2D eigenvalue weighted by Gasteiger charge is -2.46. The Morgan fingerprint density at radius 2 is 1.77 bits per heavy atom. The van der Waals surface area contributed by atoms with Crippen LogP contribution in [0.1, 0.15) is 12.8 Å². The second kappa shape index (κ2) is 4.90. The molecular weight excluding hydrogens is 331 g/mol. The van der Waals surface area contributed by atoms with Gasteiger partial charge in [-0.1, -0.05) is 0 Å². The molecule has 0 unspecified atom stereocenters. The highest BCUT2D eigenvalue weighted by atomic mass is 32.2. The summed E-state index contributed by atoms with van der Waals surface area (Å²) in [6, 6.07) is 3.49. The van der Waals surface area contributed by atoms with Crippen LogP contribution < -0.4 is 5.73 Å². The third-order valence-corrected chi connectivity index (χ3v) is 8.45. The summed E-state index contributed by atoms with van der Waals surface area (Å²) in [5.74, 6) is -0.611. The molecule has 122 valence electrons. The quantitative estimate of drug-likeness (QED) is 0.790. The zero-order valence-corrected chi connectivity index (χ0v) is 13.5. The van der Waals surface area contributed by atoms with Crippen LogP contribution in [0.3, 0.4) is 0 Å². The van der Waals surface area contributed by atoms with Crippen molar-refractivity contribution in [2.45, 2.75) is 17.7 Å². The van der Waals surface area contributed by atoms with Gasteiger partial charge >= 0.3 is 0 Å². The summed E-state index contributed by atoms with van der Waals surface area (Å²) in [7, 11) is -6.87. The van der Waals surface area contributed by atoms with E-state index >= 15 is 0 Å². The molecule has 0 bridgehead atoms. The van der Waals surface area contributed by atoms with Crippen LogP contribution in [0.5, 0.6) is 0 Å². The van der Waals surface area contributed by atoms with Gasteiger partial charge in [-0.05, 0) is 31.0 Å². The van der Waals surface area contributed by atoms with Gasteiger partial charge in [0.05, 0.1) is 11.5 Å². The van der Waals surface area contributed by atoms with Crippen molar-refractivity contribution < 1.29 is 21.2 Å². The van der Waals surface area contributed by atoms with E-state index in [1.807, 2.05) is 0 Å². The molecule has 9 heteroatoms. The van der Waals surface area contributed by atoms with Gasteiger partial charge in [0.15, 0.2) is 9.84 Å². The molecule has 6 nitrogen and oxygen atoms in total. The van der Waals surface area contributed by atoms with E-state index in [2.05, 4.69) is 0 Å². The normalized spacial score (nSPS) is 24.0. The lowest BCUT2D eigenvalue weighted by atomic mass is 9.82. The van der Waals surface area contributed by atoms with Crippen molar-refractivity contribution in [1.29, 1.82) is 0 Å². The number of nitrogen functional groups attached to an aromatic ring is 1. The molecule has 2 saturated heterocycles. The third-order valence-electron chi connectivity index (χ3n) is 4.41. The van der Waals surface area contributed by atoms with E-state index in [0.717, 1.165) is 12.1 Å². The van der Waals surface area contributed by atoms with Crippen LogP contribution in [0.25, 0.3) is 0 Å². The van der Waals surface area contributed by atoms with Crippen LogP contribution >= 0.6 is 0 Å². The molecule has 2 aliphatic rings. The number of benzene rings is 1. The molecule has 1 aromatic carbocycles. The first-order valence-electron chi connectivity index (χ1n) is 6.89. The number of halogens is 1. The average Bonchev–Trinajstić information content (AvgIpc) is 2.36. The highest BCUT2D eigenvalue weighted by Crippen LogP contribution is 2.43. The van der Waals surface area contributed by atoms with E-state index in [0.29, 0.717) is 12.8 Å². The van der Waals surface area contributed by atoms with Gasteiger partial charge in [-0.25, -0.2) is 21.2 Å². The van der Waals surface area contributed by atoms with Gasteiger partial charge in [-0.3, -0.25) is 0 Å². The van der Waals surface area contributed by atoms with Crippen LogP contribution in [0, 0.1) is 11.2 Å². The number of hydrogen-bond donors (Lipinski definition) is 1. The SMILES string of the molecule is Nc1ccc(S(=O)(=O)N2CCC3(CC2)CS(=O)(=O)C3)c(F)c1. The lowest BCUT2D eigenvalue weighted by molar-refractivity contribution is 0.184. The van der Waals surface area contributed by atoms with Crippen molar-refractivity contribution in [1.82, 2.24) is 4.31 Å². The molecule has 0 saturated carbocycles. The van der Waals surface area contributed by atoms with Crippen LogP contribution in [0.4, 0.5) is 10.1 Å². The summed E-state index contributed by atoms with van der Waals surface area (Å²) >= 11 is 0. The van der Waals surface area contributed by atoms with Crippen molar-refractivity contribution in [3.63, 3.8) is 0 Å². The summed E-state index contributed by atoms with van der Waals surface area (Å²) in [6.45, 7) is 0.420. The highest BCUT2D eigenvalue weighted by Gasteiger charge is 2.50. The predicted octanol–water partition coefficient (Wildman–Crippen LogP) is 0.607. The Labute approximate surface area is 129 Å². The van der Waals surface area contributed by atoms with E-state index in [9.17, 15) is 21.2 Å². The molecule has 2 N–H and O–H groups in total. The molecule has 22 heavy (non-hydrogen) atoms. The number of anilines is 1. The summed E-state index contributed by atoms with van der Waals surface area (Å²) in [4.78, 5) is -0.390. The molecule has 2 heterocycles. The van der Waals surface area contributed by atoms with Gasteiger partial charge in [0.25, 0.3) is 0 Å². The van der Waals surface area contributed by atoms with Crippen LogP contribution in [-0.4, -0.2) is 45.7 Å². The smallest absolute Gasteiger partial charge is 0.245 e. The molecule has 3 rings (SSSR count). The van der Waals surface area contributed by atoms with Crippen LogP contribution in [-0.2, 0) is 19.9 Å². The van der Waals surface area contributed by atoms with Gasteiger partial charge < -0.3 is 5.73 Å². The number of hydrogen-bond acceptors (Lipinski definition) is 5. The van der Waals surface area contributed by atoms with E-state index in [-0.39, 0.29) is 40.6 Å². The van der Waals surface area contributed by atoms with Crippen LogP contribution in [0.15, 0.2) is 23.1 Å². The summed E-state index contributed by atoms with van der Waals surface area (Å²) in [5.41, 5.74) is 5.30. The maximum absolute atomic E-state index is 13.9. The molecular formula is C13H17FN2O4S2. The maximum Gasteiger partial charge on any atom is 0.245 e. The summed E-state index contributed by atoms with van der Waals surface area (Å²) in [5, 5.41) is 0. The fraction of sp³-hybridized carbons (Fsp3) is 0.538. The predicted molar refractivity (Wildman–Crippen MR) is 79.9 cm³/mol. The molecule has 0 aliphatic carbocycles. The van der Waals surface area contributed by atoms with Crippen molar-refractivity contribution in [3.05, 3.63) is 24.0 Å². The van der Waals surface area contributed by atoms with Gasteiger partial charge in [-0.2, -0.15) is 4.31 Å². The Morgan fingerprint density at radius 1 is 1.18 bits per heavy atom. The number of nitrogens with two attached hydrogens (primary N) is 1. The highest BCUT2D eigenvalue weighted by molar-refractivity contribution is 7.92. The van der Waals surface area contributed by atoms with Gasteiger partial charge in [0.2, 0.25) is 10.0 Å². The van der Waals surface area contributed by atoms with Gasteiger partial charge in [0, 0.05) is 24.2 Å². The van der Waals surface area contributed by atoms with E-state index in [4.69, 9.17) is 5.73 Å². The maximum atomic E-state index is 13.9. The topological polar surface area (TPSA) is 97.5 Å². The molecule has 1 spiro atoms. The van der Waals surface area contributed by atoms with Crippen molar-refractivity contribution >= 4 is 25.5 Å². The Morgan fingerprint density at radius 3 is 2.27 bits per heavy atom. The molecule has 0 aromatic heterocycles. The Balaban J connectivity index is 1.78. The second-order valence-corrected chi connectivity index (χ2v) is 10.1. The van der Waals surface area contributed by atoms with E-state index in [1.165, 1.54) is 10.4 Å². The lowest BCUT2D eigenvalue weighted by Crippen LogP contribution is -2.55. The monoisotopic (exact) mass is 348 g/mol. The molecule has 0 atom stereocenters. The molecule has 0 amide bonds. The summed E-state index contributed by atoms with van der Waals surface area (Å²) in [6.07, 6.45) is 0.976. The minimum atomic E-state index is -3.92. The second-order valence-electron chi connectivity index (χ2n) is 6.13. The minimum absolute atomic E-state index is 0.129. The first kappa shape index (κ1) is 15.7. The number of piperidine rings is 1. The third kappa shape index (κ3) is 2.61. The number of rotatable bonds is 2. The Hall–Kier alpha value is -1.19. The largest absolute Gasteiger partial charge is 0.399 e. The molecule has 2 fully saturated rings. The van der Waals surface area contributed by atoms with Crippen molar-refractivity contribution in [3.8, 4) is 0 Å². The number of sulfonamides is 1. The fourth-order valence-corrected chi connectivity index (χ4v) is 7.09. The van der Waals surface area contributed by atoms with E-state index in [1.54, 1.807) is 0 Å². The average molecular weight is 348 g/mol. The number of nitrogens with zero attached hydrogens (tertiary/aromatic N) is 1. The van der Waals surface area contributed by atoms with Crippen molar-refractivity contribution in [2.75, 3.05) is 30.3 Å². The first-order chi connectivity index (χ1) is 10.1. The molecule has 1 aromatic rings. The molecule has 2 aliphatic heterocycles. The van der Waals surface area contributed by atoms with Crippen molar-refractivity contribution in [2.24, 2.45) is 5.41 Å².